The normalized spacial score (nSPS) is 10.2. The summed E-state index contributed by atoms with van der Waals surface area (Å²) in [6.07, 6.45) is 0. The number of hydrogen-bond donors (Lipinski definition) is 1. The van der Waals surface area contributed by atoms with Crippen LogP contribution in [0.5, 0.6) is 0 Å². The summed E-state index contributed by atoms with van der Waals surface area (Å²) in [5.41, 5.74) is 0.920. The third-order valence-corrected chi connectivity index (χ3v) is 3.78. The third-order valence-electron chi connectivity index (χ3n) is 2.90. The van der Waals surface area contributed by atoms with Crippen molar-refractivity contribution in [2.24, 2.45) is 0 Å². The quantitative estimate of drug-likeness (QED) is 0.779. The minimum atomic E-state index is -0.615. The molecule has 0 aromatic heterocycles. The van der Waals surface area contributed by atoms with Crippen molar-refractivity contribution < 1.29 is 18.7 Å². The van der Waals surface area contributed by atoms with E-state index in [0.29, 0.717) is 11.1 Å². The van der Waals surface area contributed by atoms with Crippen molar-refractivity contribution in [1.82, 2.24) is 5.32 Å². The van der Waals surface area contributed by atoms with Gasteiger partial charge in [-0.3, -0.25) is 9.59 Å². The maximum absolute atomic E-state index is 12.9. The van der Waals surface area contributed by atoms with E-state index >= 15 is 0 Å². The SMILES string of the molecule is O=C(CNC(=O)c1ccc(Br)cc1)OCc1ccc(F)cc1Cl. The Morgan fingerprint density at radius 2 is 1.87 bits per heavy atom. The predicted octanol–water partition coefficient (Wildman–Crippen LogP) is 3.71. The number of rotatable bonds is 5. The molecular formula is C16H12BrClFNO3. The van der Waals surface area contributed by atoms with Crippen LogP contribution in [0.3, 0.4) is 0 Å². The number of carbonyl (C=O) groups excluding carboxylic acids is 2. The third kappa shape index (κ3) is 5.33. The second-order valence-electron chi connectivity index (χ2n) is 4.59. The van der Waals surface area contributed by atoms with Crippen LogP contribution in [0.15, 0.2) is 46.9 Å². The minimum Gasteiger partial charge on any atom is -0.459 e. The summed E-state index contributed by atoms with van der Waals surface area (Å²) in [6, 6.07) is 10.5. The molecule has 0 fully saturated rings. The van der Waals surface area contributed by atoms with Crippen molar-refractivity contribution in [3.8, 4) is 0 Å². The van der Waals surface area contributed by atoms with E-state index in [0.717, 1.165) is 10.5 Å². The lowest BCUT2D eigenvalue weighted by molar-refractivity contribution is -0.143. The first kappa shape index (κ1) is 17.4. The molecule has 1 amide bonds. The standard InChI is InChI=1S/C16H12BrClFNO3/c17-12-4-1-10(2-5-12)16(22)20-8-15(21)23-9-11-3-6-13(19)7-14(11)18/h1-7H,8-9H2,(H,20,22). The topological polar surface area (TPSA) is 55.4 Å². The van der Waals surface area contributed by atoms with Gasteiger partial charge in [-0.25, -0.2) is 4.39 Å². The lowest BCUT2D eigenvalue weighted by Gasteiger charge is -2.08. The Morgan fingerprint density at radius 3 is 2.52 bits per heavy atom. The second kappa shape index (κ2) is 8.08. The average molecular weight is 401 g/mol. The van der Waals surface area contributed by atoms with Gasteiger partial charge in [0, 0.05) is 15.6 Å². The van der Waals surface area contributed by atoms with Crippen LogP contribution in [-0.4, -0.2) is 18.4 Å². The van der Waals surface area contributed by atoms with Crippen molar-refractivity contribution in [3.05, 3.63) is 68.9 Å². The lowest BCUT2D eigenvalue weighted by atomic mass is 10.2. The van der Waals surface area contributed by atoms with Gasteiger partial charge < -0.3 is 10.1 Å². The van der Waals surface area contributed by atoms with Crippen LogP contribution in [0.1, 0.15) is 15.9 Å². The zero-order valence-corrected chi connectivity index (χ0v) is 14.2. The second-order valence-corrected chi connectivity index (χ2v) is 5.91. The summed E-state index contributed by atoms with van der Waals surface area (Å²) in [5.74, 6) is -1.46. The summed E-state index contributed by atoms with van der Waals surface area (Å²) < 4.78 is 18.7. The Morgan fingerprint density at radius 1 is 1.17 bits per heavy atom. The van der Waals surface area contributed by atoms with Gasteiger partial charge in [0.05, 0.1) is 5.02 Å². The van der Waals surface area contributed by atoms with Crippen LogP contribution in [0.25, 0.3) is 0 Å². The summed E-state index contributed by atoms with van der Waals surface area (Å²) >= 11 is 9.10. The van der Waals surface area contributed by atoms with Crippen LogP contribution in [-0.2, 0) is 16.1 Å². The molecular weight excluding hydrogens is 389 g/mol. The van der Waals surface area contributed by atoms with Gasteiger partial charge in [0.15, 0.2) is 0 Å². The summed E-state index contributed by atoms with van der Waals surface area (Å²) in [6.45, 7) is -0.361. The highest BCUT2D eigenvalue weighted by molar-refractivity contribution is 9.10. The number of amides is 1. The molecule has 0 aliphatic carbocycles. The molecule has 0 spiro atoms. The van der Waals surface area contributed by atoms with E-state index in [4.69, 9.17) is 16.3 Å². The van der Waals surface area contributed by atoms with Crippen molar-refractivity contribution in [3.63, 3.8) is 0 Å². The predicted molar refractivity (Wildman–Crippen MR) is 87.7 cm³/mol. The molecule has 2 rings (SSSR count). The fourth-order valence-corrected chi connectivity index (χ4v) is 2.19. The van der Waals surface area contributed by atoms with Gasteiger partial charge in [-0.05, 0) is 36.4 Å². The van der Waals surface area contributed by atoms with Gasteiger partial charge in [-0.15, -0.1) is 0 Å². The highest BCUT2D eigenvalue weighted by atomic mass is 79.9. The highest BCUT2D eigenvalue weighted by Gasteiger charge is 2.10. The van der Waals surface area contributed by atoms with Gasteiger partial charge in [0.2, 0.25) is 0 Å². The Balaban J connectivity index is 1.81. The van der Waals surface area contributed by atoms with E-state index in [-0.39, 0.29) is 24.1 Å². The molecule has 0 aliphatic rings. The first-order valence-corrected chi connectivity index (χ1v) is 7.76. The van der Waals surface area contributed by atoms with Gasteiger partial charge in [-0.1, -0.05) is 33.6 Å². The van der Waals surface area contributed by atoms with Crippen LogP contribution >= 0.6 is 27.5 Å². The fraction of sp³-hybridized carbons (Fsp3) is 0.125. The number of nitrogens with one attached hydrogen (secondary N) is 1. The lowest BCUT2D eigenvalue weighted by Crippen LogP contribution is -2.30. The Bertz CT molecular complexity index is 722. The van der Waals surface area contributed by atoms with Crippen molar-refractivity contribution in [2.75, 3.05) is 6.54 Å². The number of hydrogen-bond acceptors (Lipinski definition) is 3. The summed E-state index contributed by atoms with van der Waals surface area (Å²) in [4.78, 5) is 23.5. The number of ether oxygens (including phenoxy) is 1. The molecule has 2 aromatic carbocycles. The molecule has 0 radical (unpaired) electrons. The molecule has 23 heavy (non-hydrogen) atoms. The van der Waals surface area contributed by atoms with Crippen molar-refractivity contribution in [1.29, 1.82) is 0 Å². The first-order chi connectivity index (χ1) is 11.0. The number of benzene rings is 2. The molecule has 0 bridgehead atoms. The maximum Gasteiger partial charge on any atom is 0.325 e. The van der Waals surface area contributed by atoms with E-state index < -0.39 is 11.8 Å². The molecule has 0 atom stereocenters. The summed E-state index contributed by atoms with van der Waals surface area (Å²) in [5, 5.41) is 2.63. The maximum atomic E-state index is 12.9. The Hall–Kier alpha value is -1.92. The van der Waals surface area contributed by atoms with Gasteiger partial charge in [0.1, 0.15) is 19.0 Å². The molecule has 0 aliphatic heterocycles. The van der Waals surface area contributed by atoms with Gasteiger partial charge in [0.25, 0.3) is 5.91 Å². The number of carbonyl (C=O) groups is 2. The molecule has 0 heterocycles. The van der Waals surface area contributed by atoms with Gasteiger partial charge >= 0.3 is 5.97 Å². The Labute approximate surface area is 145 Å². The monoisotopic (exact) mass is 399 g/mol. The van der Waals surface area contributed by atoms with E-state index in [9.17, 15) is 14.0 Å². The largest absolute Gasteiger partial charge is 0.459 e. The zero-order chi connectivity index (χ0) is 16.8. The molecule has 0 saturated heterocycles. The van der Waals surface area contributed by atoms with E-state index in [1.807, 2.05) is 0 Å². The van der Waals surface area contributed by atoms with Crippen molar-refractivity contribution >= 4 is 39.4 Å². The fourth-order valence-electron chi connectivity index (χ4n) is 1.70. The highest BCUT2D eigenvalue weighted by Crippen LogP contribution is 2.18. The molecule has 7 heteroatoms. The van der Waals surface area contributed by atoms with Crippen LogP contribution in [0, 0.1) is 5.82 Å². The van der Waals surface area contributed by atoms with E-state index in [1.165, 1.54) is 12.1 Å². The minimum absolute atomic E-state index is 0.0912. The molecule has 0 saturated carbocycles. The van der Waals surface area contributed by atoms with Crippen LogP contribution in [0.2, 0.25) is 5.02 Å². The zero-order valence-electron chi connectivity index (χ0n) is 11.8. The number of halogens is 3. The van der Waals surface area contributed by atoms with Gasteiger partial charge in [-0.2, -0.15) is 0 Å². The van der Waals surface area contributed by atoms with Crippen LogP contribution in [0.4, 0.5) is 4.39 Å². The van der Waals surface area contributed by atoms with E-state index in [2.05, 4.69) is 21.2 Å². The summed E-state index contributed by atoms with van der Waals surface area (Å²) in [7, 11) is 0. The van der Waals surface area contributed by atoms with Crippen molar-refractivity contribution in [2.45, 2.75) is 6.61 Å². The van der Waals surface area contributed by atoms with E-state index in [1.54, 1.807) is 24.3 Å². The average Bonchev–Trinajstić information content (AvgIpc) is 2.52. The molecule has 1 N–H and O–H groups in total. The number of esters is 1. The van der Waals surface area contributed by atoms with Crippen LogP contribution < -0.4 is 5.32 Å². The molecule has 2 aromatic rings. The Kier molecular flexibility index (Phi) is 6.12. The first-order valence-electron chi connectivity index (χ1n) is 6.59. The molecule has 120 valence electrons. The smallest absolute Gasteiger partial charge is 0.325 e. The molecule has 0 unspecified atom stereocenters. The molecule has 4 nitrogen and oxygen atoms in total.